The van der Waals surface area contributed by atoms with Crippen molar-refractivity contribution in [3.05, 3.63) is 53.8 Å². The lowest BCUT2D eigenvalue weighted by atomic mass is 9.99. The van der Waals surface area contributed by atoms with E-state index in [9.17, 15) is 14.0 Å². The number of halogens is 1. The smallest absolute Gasteiger partial charge is 0.260 e. The second-order valence-corrected chi connectivity index (χ2v) is 6.95. The first kappa shape index (κ1) is 21.4. The van der Waals surface area contributed by atoms with Gasteiger partial charge in [-0.1, -0.05) is 18.2 Å². The summed E-state index contributed by atoms with van der Waals surface area (Å²) in [6.45, 7) is 0.896. The highest BCUT2D eigenvalue weighted by atomic mass is 19.1. The first-order valence-corrected chi connectivity index (χ1v) is 9.65. The van der Waals surface area contributed by atoms with E-state index >= 15 is 0 Å². The van der Waals surface area contributed by atoms with Crippen LogP contribution < -0.4 is 19.5 Å². The fourth-order valence-corrected chi connectivity index (χ4v) is 3.15. The first-order chi connectivity index (χ1) is 14.5. The zero-order chi connectivity index (χ0) is 21.5. The maximum absolute atomic E-state index is 13.5. The standard InChI is InChI=1S/C22H25FN2O5/c1-28-19-8-7-15(11-20(19)29-2)9-10-24-22(27)16-12-25(13-16)21(26)14-30-18-6-4-3-5-17(18)23/h3-8,11,16H,9-10,12-14H2,1-2H3,(H,24,27). The Kier molecular flexibility index (Phi) is 7.11. The average Bonchev–Trinajstić information content (AvgIpc) is 2.72. The summed E-state index contributed by atoms with van der Waals surface area (Å²) in [7, 11) is 3.16. The molecule has 0 spiro atoms. The summed E-state index contributed by atoms with van der Waals surface area (Å²) < 4.78 is 29.2. The van der Waals surface area contributed by atoms with Gasteiger partial charge in [0.1, 0.15) is 0 Å². The number of methoxy groups -OCH3 is 2. The van der Waals surface area contributed by atoms with Gasteiger partial charge in [-0.05, 0) is 36.2 Å². The molecule has 3 rings (SSSR count). The van der Waals surface area contributed by atoms with Crippen LogP contribution in [0, 0.1) is 11.7 Å². The van der Waals surface area contributed by atoms with Crippen LogP contribution in [-0.4, -0.2) is 57.2 Å². The number of hydrogen-bond donors (Lipinski definition) is 1. The molecule has 0 bridgehead atoms. The largest absolute Gasteiger partial charge is 0.493 e. The van der Waals surface area contributed by atoms with E-state index in [0.29, 0.717) is 37.6 Å². The molecule has 1 aliphatic rings. The van der Waals surface area contributed by atoms with Gasteiger partial charge in [-0.2, -0.15) is 0 Å². The SMILES string of the molecule is COc1ccc(CCNC(=O)C2CN(C(=O)COc3ccccc3F)C2)cc1OC. The molecular weight excluding hydrogens is 391 g/mol. The second kappa shape index (κ2) is 9.96. The van der Waals surface area contributed by atoms with Gasteiger partial charge in [-0.25, -0.2) is 4.39 Å². The van der Waals surface area contributed by atoms with Crippen LogP contribution in [-0.2, 0) is 16.0 Å². The second-order valence-electron chi connectivity index (χ2n) is 6.95. The van der Waals surface area contributed by atoms with Crippen molar-refractivity contribution in [3.8, 4) is 17.2 Å². The molecule has 0 saturated carbocycles. The lowest BCUT2D eigenvalue weighted by Crippen LogP contribution is -2.56. The average molecular weight is 416 g/mol. The Morgan fingerprint density at radius 3 is 2.50 bits per heavy atom. The Morgan fingerprint density at radius 2 is 1.80 bits per heavy atom. The predicted octanol–water partition coefficient (Wildman–Crippen LogP) is 2.04. The number of para-hydroxylation sites is 1. The number of ether oxygens (including phenoxy) is 3. The maximum Gasteiger partial charge on any atom is 0.260 e. The topological polar surface area (TPSA) is 77.1 Å². The molecule has 1 fully saturated rings. The van der Waals surface area contributed by atoms with Crippen molar-refractivity contribution in [2.45, 2.75) is 6.42 Å². The molecule has 2 aromatic carbocycles. The zero-order valence-electron chi connectivity index (χ0n) is 17.0. The fourth-order valence-electron chi connectivity index (χ4n) is 3.15. The van der Waals surface area contributed by atoms with Gasteiger partial charge in [0.05, 0.1) is 20.1 Å². The molecule has 160 valence electrons. The summed E-state index contributed by atoms with van der Waals surface area (Å²) in [4.78, 5) is 25.9. The lowest BCUT2D eigenvalue weighted by molar-refractivity contribution is -0.144. The molecule has 1 aliphatic heterocycles. The van der Waals surface area contributed by atoms with Gasteiger partial charge < -0.3 is 24.4 Å². The van der Waals surface area contributed by atoms with Gasteiger partial charge in [-0.3, -0.25) is 9.59 Å². The molecule has 0 aliphatic carbocycles. The van der Waals surface area contributed by atoms with Crippen LogP contribution in [0.3, 0.4) is 0 Å². The van der Waals surface area contributed by atoms with E-state index < -0.39 is 5.82 Å². The lowest BCUT2D eigenvalue weighted by Gasteiger charge is -2.38. The third kappa shape index (κ3) is 5.20. The molecule has 2 amide bonds. The Labute approximate surface area is 174 Å². The molecule has 1 saturated heterocycles. The summed E-state index contributed by atoms with van der Waals surface area (Å²) >= 11 is 0. The Hall–Kier alpha value is -3.29. The van der Waals surface area contributed by atoms with E-state index in [0.717, 1.165) is 5.56 Å². The zero-order valence-corrected chi connectivity index (χ0v) is 17.0. The number of hydrogen-bond acceptors (Lipinski definition) is 5. The number of amides is 2. The predicted molar refractivity (Wildman–Crippen MR) is 108 cm³/mol. The number of nitrogens with zero attached hydrogens (tertiary/aromatic N) is 1. The molecule has 1 N–H and O–H groups in total. The fraction of sp³-hybridized carbons (Fsp3) is 0.364. The molecule has 0 unspecified atom stereocenters. The minimum absolute atomic E-state index is 0.0378. The van der Waals surface area contributed by atoms with Crippen molar-refractivity contribution < 1.29 is 28.2 Å². The highest BCUT2D eigenvalue weighted by Crippen LogP contribution is 2.27. The van der Waals surface area contributed by atoms with Crippen LogP contribution in [0.15, 0.2) is 42.5 Å². The third-order valence-corrected chi connectivity index (χ3v) is 4.95. The van der Waals surface area contributed by atoms with Crippen molar-refractivity contribution in [3.63, 3.8) is 0 Å². The monoisotopic (exact) mass is 416 g/mol. The van der Waals surface area contributed by atoms with Gasteiger partial charge in [0.2, 0.25) is 5.91 Å². The minimum atomic E-state index is -0.513. The van der Waals surface area contributed by atoms with Gasteiger partial charge in [-0.15, -0.1) is 0 Å². The van der Waals surface area contributed by atoms with Crippen molar-refractivity contribution in [1.29, 1.82) is 0 Å². The van der Waals surface area contributed by atoms with Crippen LogP contribution in [0.25, 0.3) is 0 Å². The Balaban J connectivity index is 1.37. The van der Waals surface area contributed by atoms with E-state index in [-0.39, 0.29) is 30.1 Å². The maximum atomic E-state index is 13.5. The van der Waals surface area contributed by atoms with E-state index in [4.69, 9.17) is 14.2 Å². The summed E-state index contributed by atoms with van der Waals surface area (Å²) in [5.41, 5.74) is 1.02. The Bertz CT molecular complexity index is 899. The highest BCUT2D eigenvalue weighted by Gasteiger charge is 2.35. The molecule has 0 atom stereocenters. The molecule has 2 aromatic rings. The quantitative estimate of drug-likeness (QED) is 0.677. The van der Waals surface area contributed by atoms with Crippen LogP contribution in [0.4, 0.5) is 4.39 Å². The minimum Gasteiger partial charge on any atom is -0.493 e. The van der Waals surface area contributed by atoms with E-state index in [1.54, 1.807) is 26.4 Å². The van der Waals surface area contributed by atoms with Crippen LogP contribution >= 0.6 is 0 Å². The van der Waals surface area contributed by atoms with Crippen molar-refractivity contribution >= 4 is 11.8 Å². The summed E-state index contributed by atoms with van der Waals surface area (Å²) in [6.07, 6.45) is 0.651. The summed E-state index contributed by atoms with van der Waals surface area (Å²) in [5.74, 6) is 0.224. The van der Waals surface area contributed by atoms with Gasteiger partial charge >= 0.3 is 0 Å². The van der Waals surface area contributed by atoms with Gasteiger partial charge in [0.25, 0.3) is 5.91 Å². The van der Waals surface area contributed by atoms with Crippen LogP contribution in [0.1, 0.15) is 5.56 Å². The van der Waals surface area contributed by atoms with Gasteiger partial charge in [0.15, 0.2) is 29.7 Å². The molecule has 7 nitrogen and oxygen atoms in total. The number of rotatable bonds is 9. The van der Waals surface area contributed by atoms with Crippen molar-refractivity contribution in [2.24, 2.45) is 5.92 Å². The number of carbonyl (C=O) groups excluding carboxylic acids is 2. The van der Waals surface area contributed by atoms with E-state index in [1.807, 2.05) is 18.2 Å². The van der Waals surface area contributed by atoms with Crippen LogP contribution in [0.2, 0.25) is 0 Å². The van der Waals surface area contributed by atoms with E-state index in [1.165, 1.54) is 17.0 Å². The number of likely N-dealkylation sites (tertiary alicyclic amines) is 1. The van der Waals surface area contributed by atoms with Crippen molar-refractivity contribution in [1.82, 2.24) is 10.2 Å². The normalized spacial score (nSPS) is 13.4. The molecule has 0 aromatic heterocycles. The molecule has 0 radical (unpaired) electrons. The molecular formula is C22H25FN2O5. The summed E-state index contributed by atoms with van der Waals surface area (Å²) in [5, 5.41) is 2.89. The van der Waals surface area contributed by atoms with Crippen LogP contribution in [0.5, 0.6) is 17.2 Å². The number of carbonyl (C=O) groups is 2. The molecule has 8 heteroatoms. The molecule has 30 heavy (non-hydrogen) atoms. The van der Waals surface area contributed by atoms with Crippen molar-refractivity contribution in [2.75, 3.05) is 40.5 Å². The molecule has 1 heterocycles. The first-order valence-electron chi connectivity index (χ1n) is 9.65. The highest BCUT2D eigenvalue weighted by molar-refractivity contribution is 5.85. The Morgan fingerprint density at radius 1 is 1.07 bits per heavy atom. The third-order valence-electron chi connectivity index (χ3n) is 4.95. The van der Waals surface area contributed by atoms with Gasteiger partial charge in [0, 0.05) is 19.6 Å². The number of benzene rings is 2. The van der Waals surface area contributed by atoms with E-state index in [2.05, 4.69) is 5.32 Å². The summed E-state index contributed by atoms with van der Waals surface area (Å²) in [6, 6.07) is 11.5. The number of nitrogens with one attached hydrogen (secondary N) is 1.